The first-order valence-corrected chi connectivity index (χ1v) is 12.6. The van der Waals surface area contributed by atoms with Crippen molar-refractivity contribution >= 4 is 49.7 Å². The number of para-hydroxylation sites is 1. The Balaban J connectivity index is 1.59. The van der Waals surface area contributed by atoms with Gasteiger partial charge in [0.1, 0.15) is 17.4 Å². The summed E-state index contributed by atoms with van der Waals surface area (Å²) in [5, 5.41) is 11.8. The minimum Gasteiger partial charge on any atom is -0.299 e. The number of rotatable bonds is 7. The second-order valence-electron chi connectivity index (χ2n) is 7.24. The van der Waals surface area contributed by atoms with Crippen LogP contribution in [0.5, 0.6) is 0 Å². The molecule has 7 nitrogen and oxygen atoms in total. The average Bonchev–Trinajstić information content (AvgIpc) is 3.27. The molecular weight excluding hydrogens is 499 g/mol. The lowest BCUT2D eigenvalue weighted by Crippen LogP contribution is -2.38. The minimum absolute atomic E-state index is 0.0601. The number of carbonyl (C=O) groups is 1. The smallest absolute Gasteiger partial charge is 0.264 e. The van der Waals surface area contributed by atoms with E-state index in [9.17, 15) is 17.6 Å². The van der Waals surface area contributed by atoms with Crippen LogP contribution in [0, 0.1) is 12.7 Å². The van der Waals surface area contributed by atoms with E-state index < -0.39 is 28.3 Å². The molecule has 0 spiro atoms. The van der Waals surface area contributed by atoms with Crippen molar-refractivity contribution in [1.82, 2.24) is 10.2 Å². The maximum atomic E-state index is 14.6. The summed E-state index contributed by atoms with van der Waals surface area (Å²) in [5.41, 5.74) is 1.39. The zero-order valence-corrected chi connectivity index (χ0v) is 20.2. The second kappa shape index (κ2) is 9.88. The van der Waals surface area contributed by atoms with E-state index in [1.807, 2.05) is 6.92 Å². The van der Waals surface area contributed by atoms with Crippen LogP contribution in [-0.4, -0.2) is 31.1 Å². The van der Waals surface area contributed by atoms with Gasteiger partial charge in [-0.2, -0.15) is 0 Å². The Bertz CT molecular complexity index is 1430. The molecule has 0 aliphatic carbocycles. The van der Waals surface area contributed by atoms with Crippen molar-refractivity contribution in [2.24, 2.45) is 0 Å². The molecule has 0 aliphatic heterocycles. The van der Waals surface area contributed by atoms with Crippen molar-refractivity contribution in [1.29, 1.82) is 0 Å². The number of benzene rings is 3. The van der Waals surface area contributed by atoms with E-state index >= 15 is 0 Å². The lowest BCUT2D eigenvalue weighted by molar-refractivity contribution is -0.114. The van der Waals surface area contributed by atoms with Crippen LogP contribution in [0.2, 0.25) is 5.02 Å². The molecule has 0 aliphatic rings. The number of halogens is 2. The summed E-state index contributed by atoms with van der Waals surface area (Å²) in [6.07, 6.45) is 0. The van der Waals surface area contributed by atoms with Gasteiger partial charge in [0.2, 0.25) is 11.0 Å². The summed E-state index contributed by atoms with van der Waals surface area (Å²) >= 11 is 7.01. The number of nitrogens with zero attached hydrogens (tertiary/aromatic N) is 3. The van der Waals surface area contributed by atoms with Crippen LogP contribution in [0.4, 0.5) is 15.2 Å². The summed E-state index contributed by atoms with van der Waals surface area (Å²) in [6.45, 7) is 1.16. The summed E-state index contributed by atoms with van der Waals surface area (Å²) < 4.78 is 42.0. The predicted molar refractivity (Wildman–Crippen MR) is 131 cm³/mol. The summed E-state index contributed by atoms with van der Waals surface area (Å²) in [4.78, 5) is 12.8. The largest absolute Gasteiger partial charge is 0.299 e. The van der Waals surface area contributed by atoms with Crippen LogP contribution in [0.15, 0.2) is 77.7 Å². The third kappa shape index (κ3) is 5.24. The molecule has 0 fully saturated rings. The van der Waals surface area contributed by atoms with E-state index in [1.54, 1.807) is 36.4 Å². The van der Waals surface area contributed by atoms with Gasteiger partial charge in [-0.05, 0) is 43.3 Å². The number of aromatic nitrogens is 2. The van der Waals surface area contributed by atoms with E-state index in [4.69, 9.17) is 11.6 Å². The van der Waals surface area contributed by atoms with Gasteiger partial charge < -0.3 is 0 Å². The van der Waals surface area contributed by atoms with Gasteiger partial charge in [-0.25, -0.2) is 12.8 Å². The number of hydrogen-bond donors (Lipinski definition) is 1. The van der Waals surface area contributed by atoms with Crippen molar-refractivity contribution in [2.75, 3.05) is 16.2 Å². The van der Waals surface area contributed by atoms with Crippen LogP contribution in [0.3, 0.4) is 0 Å². The molecule has 0 unspecified atom stereocenters. The lowest BCUT2D eigenvalue weighted by atomic mass is 10.2. The van der Waals surface area contributed by atoms with Crippen LogP contribution in [0.25, 0.3) is 10.6 Å². The summed E-state index contributed by atoms with van der Waals surface area (Å²) in [7, 11) is -4.24. The molecule has 4 aromatic rings. The van der Waals surface area contributed by atoms with Gasteiger partial charge >= 0.3 is 0 Å². The van der Waals surface area contributed by atoms with Crippen molar-refractivity contribution in [3.05, 3.63) is 89.2 Å². The minimum atomic E-state index is -4.24. The molecule has 0 saturated carbocycles. The molecule has 1 heterocycles. The van der Waals surface area contributed by atoms with Crippen LogP contribution in [0.1, 0.15) is 5.56 Å². The molecule has 0 saturated heterocycles. The molecule has 34 heavy (non-hydrogen) atoms. The molecule has 1 N–H and O–H groups in total. The second-order valence-corrected chi connectivity index (χ2v) is 10.5. The number of hydrogen-bond acceptors (Lipinski definition) is 6. The van der Waals surface area contributed by atoms with E-state index in [1.165, 1.54) is 30.3 Å². The third-order valence-corrected chi connectivity index (χ3v) is 7.69. The maximum absolute atomic E-state index is 14.6. The molecule has 0 bridgehead atoms. The average molecular weight is 517 g/mol. The van der Waals surface area contributed by atoms with Gasteiger partial charge in [-0.1, -0.05) is 64.9 Å². The molecule has 1 amide bonds. The molecule has 11 heteroatoms. The Labute approximate surface area is 204 Å². The molecule has 0 radical (unpaired) electrons. The van der Waals surface area contributed by atoms with E-state index in [-0.39, 0.29) is 15.7 Å². The predicted octanol–water partition coefficient (Wildman–Crippen LogP) is 5.14. The number of amides is 1. The van der Waals surface area contributed by atoms with Crippen molar-refractivity contribution in [3.8, 4) is 10.6 Å². The topological polar surface area (TPSA) is 92.3 Å². The zero-order chi connectivity index (χ0) is 24.3. The number of anilines is 2. The standard InChI is InChI=1S/C23H18ClFN4O3S2/c1-15-6-12-18(13-7-15)34(31,32)29(20-5-3-2-4-19(20)25)14-21(30)26-23-28-27-22(33-23)16-8-10-17(24)11-9-16/h2-13H,14H2,1H3,(H,26,28,30). The van der Waals surface area contributed by atoms with Crippen LogP contribution in [-0.2, 0) is 14.8 Å². The highest BCUT2D eigenvalue weighted by atomic mass is 35.5. The maximum Gasteiger partial charge on any atom is 0.264 e. The third-order valence-electron chi connectivity index (χ3n) is 4.78. The fraction of sp³-hybridized carbons (Fsp3) is 0.0870. The highest BCUT2D eigenvalue weighted by Gasteiger charge is 2.29. The van der Waals surface area contributed by atoms with Crippen molar-refractivity contribution in [3.63, 3.8) is 0 Å². The Hall–Kier alpha value is -3.34. The van der Waals surface area contributed by atoms with Gasteiger partial charge in [-0.3, -0.25) is 14.4 Å². The van der Waals surface area contributed by atoms with E-state index in [0.717, 1.165) is 32.8 Å². The first-order valence-electron chi connectivity index (χ1n) is 9.97. The van der Waals surface area contributed by atoms with Gasteiger partial charge in [0, 0.05) is 10.6 Å². The number of aryl methyl sites for hydroxylation is 1. The lowest BCUT2D eigenvalue weighted by Gasteiger charge is -2.24. The quantitative estimate of drug-likeness (QED) is 0.367. The van der Waals surface area contributed by atoms with Crippen LogP contribution >= 0.6 is 22.9 Å². The van der Waals surface area contributed by atoms with Crippen LogP contribution < -0.4 is 9.62 Å². The number of carbonyl (C=O) groups excluding carboxylic acids is 1. The van der Waals surface area contributed by atoms with E-state index in [2.05, 4.69) is 15.5 Å². The van der Waals surface area contributed by atoms with E-state index in [0.29, 0.717) is 10.0 Å². The first-order chi connectivity index (χ1) is 16.2. The molecule has 1 aromatic heterocycles. The normalized spacial score (nSPS) is 11.3. The number of sulfonamides is 1. The fourth-order valence-electron chi connectivity index (χ4n) is 3.06. The van der Waals surface area contributed by atoms with Gasteiger partial charge in [0.05, 0.1) is 10.6 Å². The molecule has 4 rings (SSSR count). The van der Waals surface area contributed by atoms with Crippen molar-refractivity contribution < 1.29 is 17.6 Å². The SMILES string of the molecule is Cc1ccc(S(=O)(=O)N(CC(=O)Nc2nnc(-c3ccc(Cl)cc3)s2)c2ccccc2F)cc1. The van der Waals surface area contributed by atoms with Gasteiger partial charge in [0.15, 0.2) is 0 Å². The monoisotopic (exact) mass is 516 g/mol. The molecule has 174 valence electrons. The Morgan fingerprint density at radius 3 is 2.38 bits per heavy atom. The zero-order valence-electron chi connectivity index (χ0n) is 17.8. The highest BCUT2D eigenvalue weighted by Crippen LogP contribution is 2.29. The first kappa shape index (κ1) is 23.8. The Morgan fingerprint density at radius 2 is 1.71 bits per heavy atom. The number of nitrogens with one attached hydrogen (secondary N) is 1. The molecule has 0 atom stereocenters. The fourth-order valence-corrected chi connectivity index (χ4v) is 5.38. The Kier molecular flexibility index (Phi) is 6.92. The molecule has 3 aromatic carbocycles. The summed E-state index contributed by atoms with van der Waals surface area (Å²) in [5.74, 6) is -1.47. The summed E-state index contributed by atoms with van der Waals surface area (Å²) in [6, 6.07) is 18.4. The molecular formula is C23H18ClFN4O3S2. The highest BCUT2D eigenvalue weighted by molar-refractivity contribution is 7.92. The van der Waals surface area contributed by atoms with Crippen molar-refractivity contribution in [2.45, 2.75) is 11.8 Å². The Morgan fingerprint density at radius 1 is 1.03 bits per heavy atom. The van der Waals surface area contributed by atoms with Gasteiger partial charge in [-0.15, -0.1) is 10.2 Å². The van der Waals surface area contributed by atoms with Gasteiger partial charge in [0.25, 0.3) is 10.0 Å².